The predicted octanol–water partition coefficient (Wildman–Crippen LogP) is 0.552. The molecule has 0 saturated carbocycles. The topological polar surface area (TPSA) is 50.1 Å². The molecule has 1 aliphatic carbocycles. The molecule has 1 unspecified atom stereocenters. The number of aliphatic hydroxyl groups excluding tert-OH is 1. The van der Waals surface area contributed by atoms with E-state index in [-0.39, 0.29) is 0 Å². The van der Waals surface area contributed by atoms with Crippen LogP contribution in [0.1, 0.15) is 35.9 Å². The second-order valence-corrected chi connectivity index (χ2v) is 4.21. The van der Waals surface area contributed by atoms with Crippen molar-refractivity contribution >= 4 is 0 Å². The molecule has 15 heavy (non-hydrogen) atoms. The van der Waals surface area contributed by atoms with Crippen LogP contribution in [-0.4, -0.2) is 28.5 Å². The molecule has 0 bridgehead atoms. The van der Waals surface area contributed by atoms with Gasteiger partial charge in [-0.2, -0.15) is 5.10 Å². The van der Waals surface area contributed by atoms with Gasteiger partial charge in [-0.15, -0.1) is 0 Å². The zero-order valence-electron chi connectivity index (χ0n) is 9.45. The molecule has 4 nitrogen and oxygen atoms in total. The Morgan fingerprint density at radius 3 is 2.93 bits per heavy atom. The maximum absolute atomic E-state index is 10.0. The molecule has 0 amide bonds. The number of hydrogen-bond acceptors (Lipinski definition) is 3. The summed E-state index contributed by atoms with van der Waals surface area (Å²) in [6.45, 7) is 0.589. The smallest absolute Gasteiger partial charge is 0.108 e. The molecule has 0 aliphatic heterocycles. The average molecular weight is 209 g/mol. The van der Waals surface area contributed by atoms with Crippen molar-refractivity contribution < 1.29 is 5.11 Å². The van der Waals surface area contributed by atoms with Gasteiger partial charge in [-0.05, 0) is 38.3 Å². The fourth-order valence-electron chi connectivity index (χ4n) is 2.41. The van der Waals surface area contributed by atoms with Crippen molar-refractivity contribution in [3.05, 3.63) is 17.0 Å². The summed E-state index contributed by atoms with van der Waals surface area (Å²) in [6, 6.07) is 0. The number of rotatable bonds is 3. The Morgan fingerprint density at radius 1 is 1.47 bits per heavy atom. The van der Waals surface area contributed by atoms with Gasteiger partial charge in [-0.25, -0.2) is 0 Å². The summed E-state index contributed by atoms with van der Waals surface area (Å²) in [5.74, 6) is 0. The normalized spacial score (nSPS) is 17.5. The van der Waals surface area contributed by atoms with Gasteiger partial charge in [0.25, 0.3) is 0 Å². The van der Waals surface area contributed by atoms with Gasteiger partial charge in [0.1, 0.15) is 6.10 Å². The predicted molar refractivity (Wildman–Crippen MR) is 58.7 cm³/mol. The third kappa shape index (κ3) is 1.92. The van der Waals surface area contributed by atoms with E-state index in [9.17, 15) is 5.11 Å². The van der Waals surface area contributed by atoms with Crippen molar-refractivity contribution in [2.24, 2.45) is 7.05 Å². The maximum Gasteiger partial charge on any atom is 0.108 e. The highest BCUT2D eigenvalue weighted by atomic mass is 16.3. The van der Waals surface area contributed by atoms with Crippen LogP contribution in [0.3, 0.4) is 0 Å². The van der Waals surface area contributed by atoms with Crippen molar-refractivity contribution in [2.75, 3.05) is 13.6 Å². The maximum atomic E-state index is 10.0. The minimum Gasteiger partial charge on any atom is -0.385 e. The molecule has 4 heteroatoms. The van der Waals surface area contributed by atoms with E-state index in [4.69, 9.17) is 0 Å². The van der Waals surface area contributed by atoms with Crippen molar-refractivity contribution in [3.8, 4) is 0 Å². The van der Waals surface area contributed by atoms with E-state index < -0.39 is 6.10 Å². The Labute approximate surface area is 90.3 Å². The second kappa shape index (κ2) is 4.33. The van der Waals surface area contributed by atoms with Gasteiger partial charge in [0.05, 0.1) is 11.4 Å². The van der Waals surface area contributed by atoms with Gasteiger partial charge >= 0.3 is 0 Å². The van der Waals surface area contributed by atoms with Crippen LogP contribution in [0.5, 0.6) is 0 Å². The molecule has 1 aromatic heterocycles. The lowest BCUT2D eigenvalue weighted by atomic mass is 9.94. The first-order chi connectivity index (χ1) is 7.24. The first-order valence-corrected chi connectivity index (χ1v) is 5.61. The Bertz CT molecular complexity index is 346. The Hall–Kier alpha value is -0.870. The minimum atomic E-state index is -0.436. The van der Waals surface area contributed by atoms with Crippen molar-refractivity contribution in [1.82, 2.24) is 15.1 Å². The van der Waals surface area contributed by atoms with Crippen molar-refractivity contribution in [1.29, 1.82) is 0 Å². The summed E-state index contributed by atoms with van der Waals surface area (Å²) in [7, 11) is 3.78. The van der Waals surface area contributed by atoms with Crippen molar-refractivity contribution in [3.63, 3.8) is 0 Å². The monoisotopic (exact) mass is 209 g/mol. The number of aromatic nitrogens is 2. The highest BCUT2D eigenvalue weighted by molar-refractivity contribution is 5.30. The minimum absolute atomic E-state index is 0.436. The molecule has 1 heterocycles. The van der Waals surface area contributed by atoms with E-state index in [0.717, 1.165) is 18.5 Å². The molecule has 0 saturated heterocycles. The molecule has 0 radical (unpaired) electrons. The number of hydrogen-bond donors (Lipinski definition) is 2. The third-order valence-electron chi connectivity index (χ3n) is 3.08. The number of fused-ring (bicyclic) bond motifs is 1. The molecule has 1 atom stereocenters. The fraction of sp³-hybridized carbons (Fsp3) is 0.727. The Morgan fingerprint density at radius 2 is 2.20 bits per heavy atom. The molecule has 0 aromatic carbocycles. The van der Waals surface area contributed by atoms with E-state index in [2.05, 4.69) is 10.4 Å². The summed E-state index contributed by atoms with van der Waals surface area (Å²) in [6.07, 6.45) is 4.15. The molecular formula is C11H19N3O. The molecule has 2 rings (SSSR count). The fourth-order valence-corrected chi connectivity index (χ4v) is 2.41. The second-order valence-electron chi connectivity index (χ2n) is 4.21. The van der Waals surface area contributed by atoms with Crippen LogP contribution in [0.4, 0.5) is 0 Å². The van der Waals surface area contributed by atoms with Gasteiger partial charge in [-0.3, -0.25) is 4.68 Å². The largest absolute Gasteiger partial charge is 0.385 e. The van der Waals surface area contributed by atoms with E-state index in [1.54, 1.807) is 0 Å². The van der Waals surface area contributed by atoms with E-state index in [0.29, 0.717) is 6.54 Å². The number of likely N-dealkylation sites (N-methyl/N-ethyl adjacent to an activating group) is 1. The lowest BCUT2D eigenvalue weighted by Gasteiger charge is -2.15. The van der Waals surface area contributed by atoms with E-state index in [1.807, 2.05) is 18.8 Å². The summed E-state index contributed by atoms with van der Waals surface area (Å²) < 4.78 is 1.85. The zero-order chi connectivity index (χ0) is 10.8. The number of nitrogens with zero attached hydrogens (tertiary/aromatic N) is 2. The van der Waals surface area contributed by atoms with Crippen LogP contribution < -0.4 is 5.32 Å². The van der Waals surface area contributed by atoms with Crippen LogP contribution >= 0.6 is 0 Å². The van der Waals surface area contributed by atoms with Crippen LogP contribution in [0, 0.1) is 0 Å². The first-order valence-electron chi connectivity index (χ1n) is 5.61. The van der Waals surface area contributed by atoms with Gasteiger partial charge in [0, 0.05) is 13.6 Å². The molecule has 0 spiro atoms. The first kappa shape index (κ1) is 10.6. The third-order valence-corrected chi connectivity index (χ3v) is 3.08. The molecule has 2 N–H and O–H groups in total. The van der Waals surface area contributed by atoms with E-state index in [1.165, 1.54) is 24.1 Å². The highest BCUT2D eigenvalue weighted by Crippen LogP contribution is 2.27. The van der Waals surface area contributed by atoms with Crippen LogP contribution in [0.2, 0.25) is 0 Å². The summed E-state index contributed by atoms with van der Waals surface area (Å²) >= 11 is 0. The molecule has 0 fully saturated rings. The summed E-state index contributed by atoms with van der Waals surface area (Å²) in [5.41, 5.74) is 3.47. The van der Waals surface area contributed by atoms with Gasteiger partial charge < -0.3 is 10.4 Å². The van der Waals surface area contributed by atoms with Gasteiger partial charge in [0.15, 0.2) is 0 Å². The number of nitrogens with one attached hydrogen (secondary N) is 1. The number of aliphatic hydroxyl groups is 1. The summed E-state index contributed by atoms with van der Waals surface area (Å²) in [4.78, 5) is 0. The SMILES string of the molecule is CNCC(O)c1c2c(nn1C)CCCC2. The average Bonchev–Trinajstić information content (AvgIpc) is 2.54. The lowest BCUT2D eigenvalue weighted by Crippen LogP contribution is -2.20. The van der Waals surface area contributed by atoms with E-state index >= 15 is 0 Å². The molecule has 1 aromatic rings. The molecule has 84 valence electrons. The standard InChI is InChI=1S/C11H19N3O/c1-12-7-10(15)11-8-5-3-4-6-9(8)13-14(11)2/h10,12,15H,3-7H2,1-2H3. The number of aryl methyl sites for hydroxylation is 2. The zero-order valence-corrected chi connectivity index (χ0v) is 9.45. The highest BCUT2D eigenvalue weighted by Gasteiger charge is 2.23. The Kier molecular flexibility index (Phi) is 3.07. The van der Waals surface area contributed by atoms with Crippen LogP contribution in [0.25, 0.3) is 0 Å². The Balaban J connectivity index is 2.32. The lowest BCUT2D eigenvalue weighted by molar-refractivity contribution is 0.167. The molecule has 1 aliphatic rings. The van der Waals surface area contributed by atoms with Gasteiger partial charge in [-0.1, -0.05) is 0 Å². The van der Waals surface area contributed by atoms with Crippen LogP contribution in [-0.2, 0) is 19.9 Å². The van der Waals surface area contributed by atoms with Crippen LogP contribution in [0.15, 0.2) is 0 Å². The quantitative estimate of drug-likeness (QED) is 0.764. The van der Waals surface area contributed by atoms with Crippen molar-refractivity contribution in [2.45, 2.75) is 31.8 Å². The summed E-state index contributed by atoms with van der Waals surface area (Å²) in [5, 5.41) is 17.5. The molecular weight excluding hydrogens is 190 g/mol. The van der Waals surface area contributed by atoms with Gasteiger partial charge in [0.2, 0.25) is 0 Å².